The molecule has 1 aromatic heterocycles. The molecule has 0 amide bonds. The standard InChI is InChI=1S/C21H25ClN2O3S/c1-14-7-11-28-20(14)19(18-6-5-17(22)12-15(18)2)23-27-10-9-24-8-3-4-16(13-24)21(25)26/h5-7,11-12,16H,3-4,8-10,13H2,1-2H3,(H,25,26). The van der Waals surface area contributed by atoms with Crippen molar-refractivity contribution >= 4 is 34.6 Å². The van der Waals surface area contributed by atoms with Gasteiger partial charge in [0.25, 0.3) is 0 Å². The summed E-state index contributed by atoms with van der Waals surface area (Å²) < 4.78 is 0. The van der Waals surface area contributed by atoms with E-state index in [2.05, 4.69) is 23.0 Å². The zero-order valence-electron chi connectivity index (χ0n) is 16.2. The van der Waals surface area contributed by atoms with Crippen LogP contribution in [0, 0.1) is 19.8 Å². The van der Waals surface area contributed by atoms with Crippen LogP contribution in [0.1, 0.15) is 34.4 Å². The Balaban J connectivity index is 1.70. The maximum absolute atomic E-state index is 11.2. The van der Waals surface area contributed by atoms with Crippen LogP contribution in [0.3, 0.4) is 0 Å². The van der Waals surface area contributed by atoms with Crippen LogP contribution in [0.15, 0.2) is 34.8 Å². The van der Waals surface area contributed by atoms with Crippen molar-refractivity contribution in [3.8, 4) is 0 Å². The number of likely N-dealkylation sites (tertiary alicyclic amines) is 1. The second kappa shape index (κ2) is 9.54. The number of piperidine rings is 1. The van der Waals surface area contributed by atoms with Crippen molar-refractivity contribution < 1.29 is 14.7 Å². The maximum atomic E-state index is 11.2. The van der Waals surface area contributed by atoms with E-state index in [4.69, 9.17) is 16.4 Å². The molecule has 1 atom stereocenters. The molecule has 1 unspecified atom stereocenters. The van der Waals surface area contributed by atoms with E-state index in [1.807, 2.05) is 30.5 Å². The molecule has 1 aliphatic rings. The number of carbonyl (C=O) groups is 1. The van der Waals surface area contributed by atoms with Crippen LogP contribution in [0.5, 0.6) is 0 Å². The van der Waals surface area contributed by atoms with Gasteiger partial charge in [0.15, 0.2) is 0 Å². The first-order valence-electron chi connectivity index (χ1n) is 9.42. The summed E-state index contributed by atoms with van der Waals surface area (Å²) in [5, 5.41) is 16.4. The minimum absolute atomic E-state index is 0.279. The highest BCUT2D eigenvalue weighted by Crippen LogP contribution is 2.25. The zero-order chi connectivity index (χ0) is 20.1. The molecule has 0 radical (unpaired) electrons. The maximum Gasteiger partial charge on any atom is 0.307 e. The third-order valence-electron chi connectivity index (χ3n) is 5.03. The Morgan fingerprint density at radius 3 is 2.86 bits per heavy atom. The fourth-order valence-electron chi connectivity index (χ4n) is 3.46. The van der Waals surface area contributed by atoms with Crippen LogP contribution >= 0.6 is 22.9 Å². The van der Waals surface area contributed by atoms with Crippen molar-refractivity contribution in [2.24, 2.45) is 11.1 Å². The van der Waals surface area contributed by atoms with Gasteiger partial charge in [0.05, 0.1) is 10.8 Å². The second-order valence-electron chi connectivity index (χ2n) is 7.14. The zero-order valence-corrected chi connectivity index (χ0v) is 17.7. The molecule has 28 heavy (non-hydrogen) atoms. The molecule has 1 fully saturated rings. The van der Waals surface area contributed by atoms with Crippen LogP contribution in [0.25, 0.3) is 0 Å². The summed E-state index contributed by atoms with van der Waals surface area (Å²) in [6, 6.07) is 7.83. The SMILES string of the molecule is Cc1cc(Cl)ccc1C(=NOCCN1CCCC(C(=O)O)C1)c1sccc1C. The summed E-state index contributed by atoms with van der Waals surface area (Å²) in [6.07, 6.45) is 1.66. The largest absolute Gasteiger partial charge is 0.481 e. The molecule has 1 N–H and O–H groups in total. The normalized spacial score (nSPS) is 18.2. The molecule has 2 heterocycles. The molecule has 1 aromatic carbocycles. The van der Waals surface area contributed by atoms with Crippen molar-refractivity contribution in [3.05, 3.63) is 56.2 Å². The lowest BCUT2D eigenvalue weighted by Crippen LogP contribution is -2.40. The molecule has 0 spiro atoms. The number of carboxylic acid groups (broad SMARTS) is 1. The van der Waals surface area contributed by atoms with Crippen LogP contribution in [0.2, 0.25) is 5.02 Å². The van der Waals surface area contributed by atoms with E-state index in [0.29, 0.717) is 24.7 Å². The van der Waals surface area contributed by atoms with Gasteiger partial charge >= 0.3 is 5.97 Å². The smallest absolute Gasteiger partial charge is 0.307 e. The first kappa shape index (κ1) is 20.8. The number of hydrogen-bond donors (Lipinski definition) is 1. The van der Waals surface area contributed by atoms with Crippen LogP contribution in [0.4, 0.5) is 0 Å². The highest BCUT2D eigenvalue weighted by molar-refractivity contribution is 7.12. The topological polar surface area (TPSA) is 62.1 Å². The van der Waals surface area contributed by atoms with Gasteiger partial charge in [0, 0.05) is 23.7 Å². The molecule has 2 aromatic rings. The van der Waals surface area contributed by atoms with Gasteiger partial charge in [-0.3, -0.25) is 9.69 Å². The molecule has 7 heteroatoms. The van der Waals surface area contributed by atoms with Gasteiger partial charge in [-0.15, -0.1) is 11.3 Å². The van der Waals surface area contributed by atoms with Crippen LogP contribution in [-0.2, 0) is 9.63 Å². The second-order valence-corrected chi connectivity index (χ2v) is 8.50. The van der Waals surface area contributed by atoms with Crippen LogP contribution < -0.4 is 0 Å². The summed E-state index contributed by atoms with van der Waals surface area (Å²) in [5.41, 5.74) is 4.01. The third kappa shape index (κ3) is 5.13. The number of aliphatic carboxylic acids is 1. The van der Waals surface area contributed by atoms with E-state index in [0.717, 1.165) is 46.7 Å². The third-order valence-corrected chi connectivity index (χ3v) is 6.29. The number of benzene rings is 1. The minimum atomic E-state index is -0.711. The Bertz CT molecular complexity index is 865. The predicted octanol–water partition coefficient (Wildman–Crippen LogP) is 4.58. The van der Waals surface area contributed by atoms with Gasteiger partial charge in [-0.25, -0.2) is 0 Å². The van der Waals surface area contributed by atoms with Crippen molar-refractivity contribution in [3.63, 3.8) is 0 Å². The molecular formula is C21H25ClN2O3S. The summed E-state index contributed by atoms with van der Waals surface area (Å²) >= 11 is 7.74. The van der Waals surface area contributed by atoms with E-state index in [1.54, 1.807) is 11.3 Å². The average molecular weight is 421 g/mol. The Morgan fingerprint density at radius 2 is 2.18 bits per heavy atom. The van der Waals surface area contributed by atoms with Gasteiger partial charge in [-0.05, 0) is 67.9 Å². The molecule has 0 aliphatic carbocycles. The van der Waals surface area contributed by atoms with Gasteiger partial charge in [0.2, 0.25) is 0 Å². The van der Waals surface area contributed by atoms with Gasteiger partial charge in [0.1, 0.15) is 12.3 Å². The number of aryl methyl sites for hydroxylation is 2. The highest BCUT2D eigenvalue weighted by Gasteiger charge is 2.25. The molecule has 0 bridgehead atoms. The quantitative estimate of drug-likeness (QED) is 0.404. The van der Waals surface area contributed by atoms with E-state index in [1.165, 1.54) is 0 Å². The number of rotatable bonds is 7. The van der Waals surface area contributed by atoms with E-state index in [-0.39, 0.29) is 5.92 Å². The van der Waals surface area contributed by atoms with E-state index >= 15 is 0 Å². The lowest BCUT2D eigenvalue weighted by Gasteiger charge is -2.29. The lowest BCUT2D eigenvalue weighted by atomic mass is 9.98. The fraction of sp³-hybridized carbons (Fsp3) is 0.429. The van der Waals surface area contributed by atoms with Gasteiger partial charge in [-0.2, -0.15) is 0 Å². The molecule has 1 saturated heterocycles. The predicted molar refractivity (Wildman–Crippen MR) is 114 cm³/mol. The molecule has 150 valence electrons. The minimum Gasteiger partial charge on any atom is -0.481 e. The molecular weight excluding hydrogens is 396 g/mol. The molecule has 1 aliphatic heterocycles. The molecule has 3 rings (SSSR count). The van der Waals surface area contributed by atoms with Crippen LogP contribution in [-0.4, -0.2) is 47.9 Å². The Labute approximate surface area is 174 Å². The number of hydrogen-bond acceptors (Lipinski definition) is 5. The molecule has 5 nitrogen and oxygen atoms in total. The van der Waals surface area contributed by atoms with Gasteiger partial charge in [-0.1, -0.05) is 22.8 Å². The Hall–Kier alpha value is -1.89. The average Bonchev–Trinajstić information content (AvgIpc) is 3.08. The number of oxime groups is 1. The fourth-order valence-corrected chi connectivity index (χ4v) is 4.61. The van der Waals surface area contributed by atoms with Crippen molar-refractivity contribution in [2.45, 2.75) is 26.7 Å². The number of halogens is 1. The first-order valence-corrected chi connectivity index (χ1v) is 10.7. The first-order chi connectivity index (χ1) is 13.5. The Morgan fingerprint density at radius 1 is 1.36 bits per heavy atom. The lowest BCUT2D eigenvalue weighted by molar-refractivity contribution is -0.143. The van der Waals surface area contributed by atoms with Gasteiger partial charge < -0.3 is 9.94 Å². The summed E-state index contributed by atoms with van der Waals surface area (Å²) in [4.78, 5) is 20.1. The van der Waals surface area contributed by atoms with Crippen molar-refractivity contribution in [1.29, 1.82) is 0 Å². The Kier molecular flexibility index (Phi) is 7.10. The number of carboxylic acids is 1. The summed E-state index contributed by atoms with van der Waals surface area (Å²) in [7, 11) is 0. The highest BCUT2D eigenvalue weighted by atomic mass is 35.5. The van der Waals surface area contributed by atoms with E-state index in [9.17, 15) is 9.90 Å². The van der Waals surface area contributed by atoms with Crippen molar-refractivity contribution in [2.75, 3.05) is 26.2 Å². The van der Waals surface area contributed by atoms with Crippen molar-refractivity contribution in [1.82, 2.24) is 4.90 Å². The van der Waals surface area contributed by atoms with E-state index < -0.39 is 5.97 Å². The molecule has 0 saturated carbocycles. The number of thiophene rings is 1. The summed E-state index contributed by atoms with van der Waals surface area (Å²) in [5.74, 6) is -0.990. The number of nitrogens with zero attached hydrogens (tertiary/aromatic N) is 2. The monoisotopic (exact) mass is 420 g/mol. The summed E-state index contributed by atoms with van der Waals surface area (Å²) in [6.45, 7) is 6.65.